The number of hydrogen-bond acceptors (Lipinski definition) is 3. The second-order valence-corrected chi connectivity index (χ2v) is 9.95. The molecule has 0 radical (unpaired) electrons. The zero-order valence-corrected chi connectivity index (χ0v) is 17.8. The molecule has 3 aliphatic carbocycles. The van der Waals surface area contributed by atoms with Crippen molar-refractivity contribution in [3.05, 3.63) is 23.8 Å². The fraction of sp³-hybridized carbons (Fsp3) is 0.800. The summed E-state index contributed by atoms with van der Waals surface area (Å²) in [5.41, 5.74) is 1.52. The van der Waals surface area contributed by atoms with Crippen LogP contribution in [0.3, 0.4) is 0 Å². The lowest BCUT2D eigenvalue weighted by molar-refractivity contribution is -0.130. The number of fused-ring (bicyclic) bond motifs is 1. The van der Waals surface area contributed by atoms with E-state index in [1.807, 2.05) is 11.0 Å². The van der Waals surface area contributed by atoms with Gasteiger partial charge in [-0.05, 0) is 75.5 Å². The van der Waals surface area contributed by atoms with Crippen molar-refractivity contribution in [2.45, 2.75) is 89.3 Å². The molecule has 5 atom stereocenters. The Morgan fingerprint density at radius 2 is 1.93 bits per heavy atom. The van der Waals surface area contributed by atoms with Crippen LogP contribution in [0, 0.1) is 23.7 Å². The molecule has 0 bridgehead atoms. The molecule has 0 unspecified atom stereocenters. The third-order valence-electron chi connectivity index (χ3n) is 7.96. The van der Waals surface area contributed by atoms with Crippen LogP contribution in [-0.2, 0) is 4.79 Å². The predicted octanol–water partition coefficient (Wildman–Crippen LogP) is 4.22. The van der Waals surface area contributed by atoms with Crippen molar-refractivity contribution in [3.8, 4) is 0 Å². The van der Waals surface area contributed by atoms with Gasteiger partial charge in [-0.15, -0.1) is 0 Å². The Labute approximate surface area is 176 Å². The summed E-state index contributed by atoms with van der Waals surface area (Å²) < 4.78 is 0. The number of aliphatic hydroxyl groups is 2. The summed E-state index contributed by atoms with van der Waals surface area (Å²) in [6.07, 6.45) is 18.8. The predicted molar refractivity (Wildman–Crippen MR) is 115 cm³/mol. The zero-order chi connectivity index (χ0) is 20.2. The molecule has 0 aromatic carbocycles. The standard InChI is InChI=1S/C25H39NO3/c27-23(19-8-2-3-9-19)12-11-21-22-16-18(15-20(22)17-24(21)28)7-1-4-10-25(29)26-13-5-6-14-26/h11-12,15,19-24,27-28H,1-10,13-14,16-17H2/b12-11+/t20-,21+,22-,23+,24+/m0/s1. The van der Waals surface area contributed by atoms with Crippen molar-refractivity contribution in [3.63, 3.8) is 0 Å². The van der Waals surface area contributed by atoms with Crippen LogP contribution in [0.2, 0.25) is 0 Å². The zero-order valence-electron chi connectivity index (χ0n) is 17.8. The van der Waals surface area contributed by atoms with Gasteiger partial charge in [0.05, 0.1) is 12.2 Å². The van der Waals surface area contributed by atoms with E-state index in [1.54, 1.807) is 0 Å². The number of carbonyl (C=O) groups excluding carboxylic acids is 1. The fourth-order valence-electron chi connectivity index (χ4n) is 6.24. The maximum absolute atomic E-state index is 12.2. The van der Waals surface area contributed by atoms with Crippen molar-refractivity contribution in [2.75, 3.05) is 13.1 Å². The van der Waals surface area contributed by atoms with Crippen LogP contribution in [0.25, 0.3) is 0 Å². The average Bonchev–Trinajstić information content (AvgIpc) is 3.49. The third kappa shape index (κ3) is 5.14. The molecule has 0 spiro atoms. The van der Waals surface area contributed by atoms with E-state index in [4.69, 9.17) is 0 Å². The molecular weight excluding hydrogens is 362 g/mol. The first-order chi connectivity index (χ1) is 14.1. The Kier molecular flexibility index (Phi) is 7.12. The summed E-state index contributed by atoms with van der Waals surface area (Å²) >= 11 is 0. The molecular formula is C25H39NO3. The second-order valence-electron chi connectivity index (χ2n) is 9.95. The summed E-state index contributed by atoms with van der Waals surface area (Å²) in [5, 5.41) is 21.0. The second kappa shape index (κ2) is 9.78. The van der Waals surface area contributed by atoms with Gasteiger partial charge in [0.1, 0.15) is 0 Å². The Balaban J connectivity index is 1.20. The number of hydrogen-bond donors (Lipinski definition) is 2. The largest absolute Gasteiger partial charge is 0.392 e. The van der Waals surface area contributed by atoms with Crippen molar-refractivity contribution in [1.82, 2.24) is 4.90 Å². The first-order valence-corrected chi connectivity index (χ1v) is 12.1. The lowest BCUT2D eigenvalue weighted by Gasteiger charge is -2.20. The van der Waals surface area contributed by atoms with E-state index in [0.717, 1.165) is 58.0 Å². The Morgan fingerprint density at radius 3 is 2.69 bits per heavy atom. The molecule has 29 heavy (non-hydrogen) atoms. The van der Waals surface area contributed by atoms with E-state index in [0.29, 0.717) is 30.1 Å². The van der Waals surface area contributed by atoms with Crippen molar-refractivity contribution in [1.29, 1.82) is 0 Å². The van der Waals surface area contributed by atoms with Gasteiger partial charge in [-0.25, -0.2) is 0 Å². The van der Waals surface area contributed by atoms with Gasteiger partial charge >= 0.3 is 0 Å². The molecule has 0 aromatic heterocycles. The van der Waals surface area contributed by atoms with E-state index in [2.05, 4.69) is 12.2 Å². The molecule has 2 saturated carbocycles. The van der Waals surface area contributed by atoms with E-state index in [-0.39, 0.29) is 18.1 Å². The van der Waals surface area contributed by atoms with E-state index in [1.165, 1.54) is 31.3 Å². The van der Waals surface area contributed by atoms with Gasteiger partial charge in [0.2, 0.25) is 5.91 Å². The number of unbranched alkanes of at least 4 members (excludes halogenated alkanes) is 1. The van der Waals surface area contributed by atoms with E-state index < -0.39 is 0 Å². The van der Waals surface area contributed by atoms with Crippen molar-refractivity contribution in [2.24, 2.45) is 23.7 Å². The number of allylic oxidation sites excluding steroid dienone is 2. The minimum absolute atomic E-state index is 0.182. The topological polar surface area (TPSA) is 60.8 Å². The normalized spacial score (nSPS) is 33.6. The molecule has 0 aromatic rings. The molecule has 1 aliphatic heterocycles. The monoisotopic (exact) mass is 401 g/mol. The molecule has 2 N–H and O–H groups in total. The Bertz CT molecular complexity index is 616. The summed E-state index contributed by atoms with van der Waals surface area (Å²) in [5.74, 6) is 1.93. The maximum atomic E-state index is 12.2. The molecule has 1 saturated heterocycles. The average molecular weight is 402 g/mol. The lowest BCUT2D eigenvalue weighted by atomic mass is 9.88. The molecule has 1 heterocycles. The van der Waals surface area contributed by atoms with Crippen LogP contribution in [0.1, 0.15) is 77.0 Å². The number of likely N-dealkylation sites (tertiary alicyclic amines) is 1. The van der Waals surface area contributed by atoms with Crippen LogP contribution in [-0.4, -0.2) is 46.3 Å². The highest BCUT2D eigenvalue weighted by molar-refractivity contribution is 5.76. The number of rotatable bonds is 8. The molecule has 4 heteroatoms. The lowest BCUT2D eigenvalue weighted by Crippen LogP contribution is -2.27. The SMILES string of the molecule is O=C(CCCCC1=C[C@H]2C[C@@H](O)[C@H](/C=C/[C@@H](O)C3CCCC3)[C@H]2C1)N1CCCC1. The number of aliphatic hydroxyl groups excluding tert-OH is 2. The van der Waals surface area contributed by atoms with Gasteiger partial charge in [-0.3, -0.25) is 4.79 Å². The maximum Gasteiger partial charge on any atom is 0.222 e. The molecule has 162 valence electrons. The van der Waals surface area contributed by atoms with Crippen LogP contribution in [0.5, 0.6) is 0 Å². The van der Waals surface area contributed by atoms with Crippen LogP contribution in [0.15, 0.2) is 23.8 Å². The van der Waals surface area contributed by atoms with Gasteiger partial charge in [0.15, 0.2) is 0 Å². The highest BCUT2D eigenvalue weighted by Crippen LogP contribution is 2.48. The molecule has 4 aliphatic rings. The van der Waals surface area contributed by atoms with E-state index in [9.17, 15) is 15.0 Å². The van der Waals surface area contributed by atoms with Crippen LogP contribution in [0.4, 0.5) is 0 Å². The highest BCUT2D eigenvalue weighted by atomic mass is 16.3. The Hall–Kier alpha value is -1.13. The minimum atomic E-state index is -0.342. The van der Waals surface area contributed by atoms with Crippen molar-refractivity contribution >= 4 is 5.91 Å². The molecule has 4 nitrogen and oxygen atoms in total. The van der Waals surface area contributed by atoms with Crippen molar-refractivity contribution < 1.29 is 15.0 Å². The van der Waals surface area contributed by atoms with Gasteiger partial charge in [-0.1, -0.05) is 36.6 Å². The highest BCUT2D eigenvalue weighted by Gasteiger charge is 2.43. The summed E-state index contributed by atoms with van der Waals surface area (Å²) in [4.78, 5) is 14.2. The summed E-state index contributed by atoms with van der Waals surface area (Å²) in [6.45, 7) is 1.92. The first kappa shape index (κ1) is 21.1. The van der Waals surface area contributed by atoms with Gasteiger partial charge in [0, 0.05) is 25.4 Å². The van der Waals surface area contributed by atoms with Crippen LogP contribution < -0.4 is 0 Å². The first-order valence-electron chi connectivity index (χ1n) is 12.1. The molecule has 1 amide bonds. The smallest absolute Gasteiger partial charge is 0.222 e. The third-order valence-corrected chi connectivity index (χ3v) is 7.96. The molecule has 4 rings (SSSR count). The van der Waals surface area contributed by atoms with Gasteiger partial charge < -0.3 is 15.1 Å². The minimum Gasteiger partial charge on any atom is -0.392 e. The fourth-order valence-corrected chi connectivity index (χ4v) is 6.24. The quantitative estimate of drug-likeness (QED) is 0.473. The summed E-state index contributed by atoms with van der Waals surface area (Å²) in [7, 11) is 0. The number of carbonyl (C=O) groups is 1. The van der Waals surface area contributed by atoms with Gasteiger partial charge in [-0.2, -0.15) is 0 Å². The Morgan fingerprint density at radius 1 is 1.17 bits per heavy atom. The number of amides is 1. The number of nitrogens with zero attached hydrogens (tertiary/aromatic N) is 1. The van der Waals surface area contributed by atoms with E-state index >= 15 is 0 Å². The summed E-state index contributed by atoms with van der Waals surface area (Å²) in [6, 6.07) is 0. The molecule has 3 fully saturated rings. The van der Waals surface area contributed by atoms with Crippen LogP contribution >= 0.6 is 0 Å². The van der Waals surface area contributed by atoms with Gasteiger partial charge in [0.25, 0.3) is 0 Å².